The molecule has 0 unspecified atom stereocenters. The number of rotatable bonds is 2. The van der Waals surface area contributed by atoms with Crippen LogP contribution in [-0.2, 0) is 0 Å². The molecule has 0 bridgehead atoms. The zero-order valence-corrected chi connectivity index (χ0v) is 11.2. The lowest BCUT2D eigenvalue weighted by Crippen LogP contribution is -2.29. The molecule has 0 spiro atoms. The van der Waals surface area contributed by atoms with Crippen LogP contribution in [0.4, 0.5) is 0 Å². The molecule has 1 N–H and O–H groups in total. The molecule has 0 aromatic heterocycles. The van der Waals surface area contributed by atoms with Crippen molar-refractivity contribution in [1.82, 2.24) is 5.32 Å². The average molecular weight is 291 g/mol. The van der Waals surface area contributed by atoms with Gasteiger partial charge >= 0.3 is 0 Å². The Balaban J connectivity index is 1.71. The zero-order chi connectivity index (χ0) is 11.7. The second-order valence-corrected chi connectivity index (χ2v) is 5.52. The summed E-state index contributed by atoms with van der Waals surface area (Å²) >= 11 is 3.46. The molecule has 17 heavy (non-hydrogen) atoms. The molecule has 1 atom stereocenters. The maximum Gasteiger partial charge on any atom is 0.0459 e. The van der Waals surface area contributed by atoms with Gasteiger partial charge in [-0.3, -0.25) is 4.99 Å². The minimum absolute atomic E-state index is 0.513. The van der Waals surface area contributed by atoms with Crippen LogP contribution < -0.4 is 5.32 Å². The first-order chi connectivity index (χ1) is 8.33. The molecule has 2 aliphatic heterocycles. The van der Waals surface area contributed by atoms with E-state index in [2.05, 4.69) is 50.5 Å². The van der Waals surface area contributed by atoms with Crippen molar-refractivity contribution in [2.75, 3.05) is 6.54 Å². The van der Waals surface area contributed by atoms with Crippen molar-refractivity contribution in [2.24, 2.45) is 4.99 Å². The Morgan fingerprint density at radius 1 is 1.24 bits per heavy atom. The lowest BCUT2D eigenvalue weighted by atomic mass is 9.99. The van der Waals surface area contributed by atoms with Crippen molar-refractivity contribution < 1.29 is 0 Å². The number of nitrogens with zero attached hydrogens (tertiary/aromatic N) is 1. The monoisotopic (exact) mass is 290 g/mol. The van der Waals surface area contributed by atoms with E-state index in [1.165, 1.54) is 29.7 Å². The summed E-state index contributed by atoms with van der Waals surface area (Å²) in [5.74, 6) is 0. The van der Waals surface area contributed by atoms with Crippen LogP contribution in [0.25, 0.3) is 5.57 Å². The van der Waals surface area contributed by atoms with Gasteiger partial charge in [-0.2, -0.15) is 0 Å². The summed E-state index contributed by atoms with van der Waals surface area (Å²) in [5, 5.41) is 3.51. The van der Waals surface area contributed by atoms with Gasteiger partial charge in [-0.05, 0) is 42.7 Å². The number of halogens is 1. The third-order valence-corrected chi connectivity index (χ3v) is 3.96. The minimum atomic E-state index is 0.513. The van der Waals surface area contributed by atoms with E-state index in [9.17, 15) is 0 Å². The van der Waals surface area contributed by atoms with Crippen molar-refractivity contribution in [3.8, 4) is 0 Å². The topological polar surface area (TPSA) is 24.4 Å². The molecule has 3 heteroatoms. The largest absolute Gasteiger partial charge is 0.309 e. The smallest absolute Gasteiger partial charge is 0.0459 e. The summed E-state index contributed by atoms with van der Waals surface area (Å²) in [4.78, 5) is 4.58. The van der Waals surface area contributed by atoms with Crippen molar-refractivity contribution in [1.29, 1.82) is 0 Å². The molecule has 2 nitrogen and oxygen atoms in total. The Kier molecular flexibility index (Phi) is 3.12. The third kappa shape index (κ3) is 2.35. The van der Waals surface area contributed by atoms with E-state index in [0.717, 1.165) is 17.4 Å². The highest BCUT2D eigenvalue weighted by atomic mass is 79.9. The minimum Gasteiger partial charge on any atom is -0.309 e. The number of hydrogen-bond donors (Lipinski definition) is 1. The van der Waals surface area contributed by atoms with Gasteiger partial charge in [-0.25, -0.2) is 0 Å². The molecule has 1 fully saturated rings. The average Bonchev–Trinajstić information content (AvgIpc) is 3.00. The lowest BCUT2D eigenvalue weighted by molar-refractivity contribution is 0.756. The molecule has 1 aromatic rings. The number of benzene rings is 1. The van der Waals surface area contributed by atoms with E-state index < -0.39 is 0 Å². The second kappa shape index (κ2) is 4.75. The molecule has 2 heterocycles. The molecule has 3 rings (SSSR count). The summed E-state index contributed by atoms with van der Waals surface area (Å²) < 4.78 is 1.12. The van der Waals surface area contributed by atoms with Crippen LogP contribution in [0.2, 0.25) is 0 Å². The molecule has 2 aliphatic rings. The normalized spacial score (nSPS) is 23.7. The van der Waals surface area contributed by atoms with Crippen LogP contribution in [0.5, 0.6) is 0 Å². The fraction of sp³-hybridized carbons (Fsp3) is 0.357. The van der Waals surface area contributed by atoms with E-state index >= 15 is 0 Å². The quantitative estimate of drug-likeness (QED) is 0.887. The molecule has 0 radical (unpaired) electrons. The molecular weight excluding hydrogens is 276 g/mol. The second-order valence-electron chi connectivity index (χ2n) is 4.61. The van der Waals surface area contributed by atoms with Gasteiger partial charge in [-0.1, -0.05) is 28.1 Å². The number of allylic oxidation sites excluding steroid dienone is 1. The molecule has 1 saturated heterocycles. The van der Waals surface area contributed by atoms with Gasteiger partial charge in [0.05, 0.1) is 0 Å². The van der Waals surface area contributed by atoms with E-state index in [-0.39, 0.29) is 0 Å². The summed E-state index contributed by atoms with van der Waals surface area (Å²) in [6, 6.07) is 8.98. The first-order valence-corrected chi connectivity index (χ1v) is 6.87. The van der Waals surface area contributed by atoms with Gasteiger partial charge in [0.2, 0.25) is 0 Å². The van der Waals surface area contributed by atoms with Crippen molar-refractivity contribution in [3.05, 3.63) is 40.5 Å². The third-order valence-electron chi connectivity index (χ3n) is 3.44. The number of nitrogens with one attached hydrogen (secondary N) is 1. The van der Waals surface area contributed by atoms with Gasteiger partial charge in [0.1, 0.15) is 0 Å². The summed E-state index contributed by atoms with van der Waals surface area (Å²) in [7, 11) is 0. The predicted molar refractivity (Wildman–Crippen MR) is 75.2 cm³/mol. The summed E-state index contributed by atoms with van der Waals surface area (Å²) in [6.07, 6.45) is 5.54. The molecule has 1 aromatic carbocycles. The molecule has 88 valence electrons. The van der Waals surface area contributed by atoms with E-state index in [1.807, 2.05) is 6.20 Å². The maximum atomic E-state index is 4.58. The van der Waals surface area contributed by atoms with E-state index in [0.29, 0.717) is 6.04 Å². The summed E-state index contributed by atoms with van der Waals surface area (Å²) in [6.45, 7) is 1.14. The van der Waals surface area contributed by atoms with Crippen LogP contribution in [0.3, 0.4) is 0 Å². The van der Waals surface area contributed by atoms with Gasteiger partial charge in [0.25, 0.3) is 0 Å². The van der Waals surface area contributed by atoms with Crippen molar-refractivity contribution >= 4 is 27.2 Å². The Bertz CT molecular complexity index is 468. The van der Waals surface area contributed by atoms with Crippen LogP contribution in [-0.4, -0.2) is 18.3 Å². The Labute approximate surface area is 110 Å². The van der Waals surface area contributed by atoms with Gasteiger partial charge in [0, 0.05) is 28.8 Å². The van der Waals surface area contributed by atoms with Crippen LogP contribution in [0.1, 0.15) is 24.8 Å². The Hall–Kier alpha value is -0.930. The highest BCUT2D eigenvalue weighted by Gasteiger charge is 2.23. The number of aliphatic imine (C=N–C) groups is 1. The van der Waals surface area contributed by atoms with Crippen LogP contribution >= 0.6 is 15.9 Å². The fourth-order valence-corrected chi connectivity index (χ4v) is 2.73. The Morgan fingerprint density at radius 2 is 2.06 bits per heavy atom. The molecule has 0 aliphatic carbocycles. The molecule has 0 saturated carbocycles. The molecular formula is C14H15BrN2. The van der Waals surface area contributed by atoms with Crippen molar-refractivity contribution in [2.45, 2.75) is 25.3 Å². The SMILES string of the molecule is Brc1ccc(C2=CN=C([C@@H]3CCCN3)C2)cc1. The van der Waals surface area contributed by atoms with Gasteiger partial charge < -0.3 is 5.32 Å². The maximum absolute atomic E-state index is 4.58. The predicted octanol–water partition coefficient (Wildman–Crippen LogP) is 3.39. The molecule has 0 amide bonds. The Morgan fingerprint density at radius 3 is 2.76 bits per heavy atom. The lowest BCUT2D eigenvalue weighted by Gasteiger charge is -2.10. The van der Waals surface area contributed by atoms with Crippen LogP contribution in [0, 0.1) is 0 Å². The van der Waals surface area contributed by atoms with Gasteiger partial charge in [-0.15, -0.1) is 0 Å². The standard InChI is InChI=1S/C14H15BrN2/c15-12-5-3-10(4-6-12)11-8-14(17-9-11)13-2-1-7-16-13/h3-6,9,13,16H,1-2,7-8H2/t13-/m0/s1. The first kappa shape index (κ1) is 11.2. The zero-order valence-electron chi connectivity index (χ0n) is 9.62. The van der Waals surface area contributed by atoms with E-state index in [4.69, 9.17) is 0 Å². The highest BCUT2D eigenvalue weighted by Crippen LogP contribution is 2.27. The van der Waals surface area contributed by atoms with Crippen molar-refractivity contribution in [3.63, 3.8) is 0 Å². The fourth-order valence-electron chi connectivity index (χ4n) is 2.47. The summed E-state index contributed by atoms with van der Waals surface area (Å²) in [5.41, 5.74) is 3.92. The number of hydrogen-bond acceptors (Lipinski definition) is 2. The first-order valence-electron chi connectivity index (χ1n) is 6.08. The van der Waals surface area contributed by atoms with E-state index in [1.54, 1.807) is 0 Å². The highest BCUT2D eigenvalue weighted by molar-refractivity contribution is 9.10. The van der Waals surface area contributed by atoms with Gasteiger partial charge in [0.15, 0.2) is 0 Å². The van der Waals surface area contributed by atoms with Crippen LogP contribution in [0.15, 0.2) is 39.9 Å².